The van der Waals surface area contributed by atoms with E-state index in [-0.39, 0.29) is 5.91 Å². The number of carbonyl (C=O) groups is 1. The van der Waals surface area contributed by atoms with E-state index in [0.717, 1.165) is 28.2 Å². The van der Waals surface area contributed by atoms with Crippen molar-refractivity contribution < 1.29 is 4.79 Å². The molecule has 3 rings (SSSR count). The molecule has 2 aromatic carbocycles. The van der Waals surface area contributed by atoms with Gasteiger partial charge in [-0.05, 0) is 57.5 Å². The number of para-hydroxylation sites is 1. The molecular weight excluding hydrogens is 336 g/mol. The Morgan fingerprint density at radius 1 is 1.00 bits per heavy atom. The van der Waals surface area contributed by atoms with Gasteiger partial charge < -0.3 is 10.2 Å². The monoisotopic (exact) mass is 360 g/mol. The highest BCUT2D eigenvalue weighted by molar-refractivity contribution is 6.03. The average Bonchev–Trinajstić information content (AvgIpc) is 2.65. The highest BCUT2D eigenvalue weighted by Gasteiger charge is 2.16. The van der Waals surface area contributed by atoms with Gasteiger partial charge in [-0.25, -0.2) is 9.97 Å². The minimum Gasteiger partial charge on any atom is -0.320 e. The first kappa shape index (κ1) is 18.6. The zero-order valence-electron chi connectivity index (χ0n) is 16.2. The zero-order chi connectivity index (χ0) is 19.4. The predicted molar refractivity (Wildman–Crippen MR) is 110 cm³/mol. The number of hydrogen-bond acceptors (Lipinski definition) is 4. The molecule has 0 saturated heterocycles. The standard InChI is InChI=1S/C22H24N4O/c1-5-26(18-9-7-6-8-10-18)22-23-17(4)14-20(25-22)21(27)24-19-12-11-15(2)13-16(19)3/h6-14H,5H2,1-4H3,(H,24,27). The van der Waals surface area contributed by atoms with E-state index in [1.165, 1.54) is 0 Å². The van der Waals surface area contributed by atoms with Crippen LogP contribution in [0, 0.1) is 20.8 Å². The normalized spacial score (nSPS) is 10.5. The van der Waals surface area contributed by atoms with Crippen molar-refractivity contribution in [3.63, 3.8) is 0 Å². The second-order valence-electron chi connectivity index (χ2n) is 6.55. The molecule has 1 amide bonds. The van der Waals surface area contributed by atoms with Gasteiger partial charge in [0.1, 0.15) is 5.69 Å². The maximum Gasteiger partial charge on any atom is 0.274 e. The van der Waals surface area contributed by atoms with Crippen molar-refractivity contribution >= 4 is 23.2 Å². The molecule has 0 aliphatic rings. The minimum atomic E-state index is -0.238. The van der Waals surface area contributed by atoms with E-state index in [0.29, 0.717) is 18.2 Å². The Morgan fingerprint density at radius 2 is 1.74 bits per heavy atom. The minimum absolute atomic E-state index is 0.238. The lowest BCUT2D eigenvalue weighted by molar-refractivity contribution is 0.102. The molecule has 0 fully saturated rings. The Morgan fingerprint density at radius 3 is 2.41 bits per heavy atom. The molecule has 5 heteroatoms. The summed E-state index contributed by atoms with van der Waals surface area (Å²) in [6, 6.07) is 17.6. The number of benzene rings is 2. The van der Waals surface area contributed by atoms with E-state index in [1.807, 2.05) is 81.1 Å². The van der Waals surface area contributed by atoms with Crippen molar-refractivity contribution in [2.45, 2.75) is 27.7 Å². The maximum atomic E-state index is 12.8. The number of nitrogens with zero attached hydrogens (tertiary/aromatic N) is 3. The highest BCUT2D eigenvalue weighted by Crippen LogP contribution is 2.23. The molecule has 27 heavy (non-hydrogen) atoms. The first-order valence-electron chi connectivity index (χ1n) is 9.05. The van der Waals surface area contributed by atoms with Gasteiger partial charge in [-0.3, -0.25) is 4.79 Å². The van der Waals surface area contributed by atoms with E-state index < -0.39 is 0 Å². The van der Waals surface area contributed by atoms with Gasteiger partial charge in [0.2, 0.25) is 5.95 Å². The molecule has 0 saturated carbocycles. The second-order valence-corrected chi connectivity index (χ2v) is 6.55. The van der Waals surface area contributed by atoms with Crippen LogP contribution in [0.15, 0.2) is 54.6 Å². The van der Waals surface area contributed by atoms with Crippen LogP contribution in [-0.4, -0.2) is 22.4 Å². The van der Waals surface area contributed by atoms with Gasteiger partial charge in [0.25, 0.3) is 5.91 Å². The summed E-state index contributed by atoms with van der Waals surface area (Å²) in [6.07, 6.45) is 0. The van der Waals surface area contributed by atoms with Crippen molar-refractivity contribution in [3.8, 4) is 0 Å². The summed E-state index contributed by atoms with van der Waals surface area (Å²) in [5.41, 5.74) is 5.07. The number of aromatic nitrogens is 2. The van der Waals surface area contributed by atoms with Crippen molar-refractivity contribution in [2.75, 3.05) is 16.8 Å². The summed E-state index contributed by atoms with van der Waals surface area (Å²) in [5.74, 6) is 0.285. The van der Waals surface area contributed by atoms with Crippen LogP contribution in [0.2, 0.25) is 0 Å². The SMILES string of the molecule is CCN(c1ccccc1)c1nc(C)cc(C(=O)Nc2ccc(C)cc2C)n1. The van der Waals surface area contributed by atoms with Crippen LogP contribution in [-0.2, 0) is 0 Å². The quantitative estimate of drug-likeness (QED) is 0.709. The fourth-order valence-corrected chi connectivity index (χ4v) is 2.98. The van der Waals surface area contributed by atoms with Gasteiger partial charge in [-0.15, -0.1) is 0 Å². The summed E-state index contributed by atoms with van der Waals surface area (Å²) in [5, 5.41) is 2.96. The van der Waals surface area contributed by atoms with E-state index in [1.54, 1.807) is 6.07 Å². The fraction of sp³-hybridized carbons (Fsp3) is 0.227. The Hall–Kier alpha value is -3.21. The Kier molecular flexibility index (Phi) is 5.50. The molecule has 0 bridgehead atoms. The highest BCUT2D eigenvalue weighted by atomic mass is 16.1. The second kappa shape index (κ2) is 7.99. The first-order valence-corrected chi connectivity index (χ1v) is 9.05. The summed E-state index contributed by atoms with van der Waals surface area (Å²) in [6.45, 7) is 8.62. The molecule has 0 aliphatic carbocycles. The van der Waals surface area contributed by atoms with Crippen molar-refractivity contribution in [1.29, 1.82) is 0 Å². The number of anilines is 3. The van der Waals surface area contributed by atoms with Crippen molar-refractivity contribution in [3.05, 3.63) is 77.1 Å². The lowest BCUT2D eigenvalue weighted by Gasteiger charge is -2.21. The Balaban J connectivity index is 1.91. The average molecular weight is 360 g/mol. The third kappa shape index (κ3) is 4.31. The third-order valence-corrected chi connectivity index (χ3v) is 4.33. The first-order chi connectivity index (χ1) is 13.0. The number of carbonyl (C=O) groups excluding carboxylic acids is 1. The van der Waals surface area contributed by atoms with Crippen LogP contribution in [0.3, 0.4) is 0 Å². The van der Waals surface area contributed by atoms with Gasteiger partial charge in [-0.2, -0.15) is 0 Å². The molecular formula is C22H24N4O. The topological polar surface area (TPSA) is 58.1 Å². The number of aryl methyl sites for hydroxylation is 3. The number of rotatable bonds is 5. The summed E-state index contributed by atoms with van der Waals surface area (Å²) >= 11 is 0. The van der Waals surface area contributed by atoms with Gasteiger partial charge in [-0.1, -0.05) is 35.9 Å². The van der Waals surface area contributed by atoms with Crippen LogP contribution in [0.25, 0.3) is 0 Å². The van der Waals surface area contributed by atoms with E-state index >= 15 is 0 Å². The molecule has 5 nitrogen and oxygen atoms in total. The smallest absolute Gasteiger partial charge is 0.274 e. The number of amides is 1. The molecule has 0 spiro atoms. The van der Waals surface area contributed by atoms with Gasteiger partial charge in [0.05, 0.1) is 0 Å². The van der Waals surface area contributed by atoms with Crippen molar-refractivity contribution in [2.24, 2.45) is 0 Å². The zero-order valence-corrected chi connectivity index (χ0v) is 16.2. The predicted octanol–water partition coefficient (Wildman–Crippen LogP) is 4.81. The van der Waals surface area contributed by atoms with Crippen LogP contribution in [0.1, 0.15) is 34.2 Å². The lowest BCUT2D eigenvalue weighted by atomic mass is 10.1. The summed E-state index contributed by atoms with van der Waals surface area (Å²) < 4.78 is 0. The number of hydrogen-bond donors (Lipinski definition) is 1. The van der Waals surface area contributed by atoms with Crippen LogP contribution >= 0.6 is 0 Å². The molecule has 0 radical (unpaired) electrons. The van der Waals surface area contributed by atoms with Crippen LogP contribution in [0.5, 0.6) is 0 Å². The molecule has 138 valence electrons. The van der Waals surface area contributed by atoms with Crippen LogP contribution in [0.4, 0.5) is 17.3 Å². The molecule has 1 aromatic heterocycles. The molecule has 0 atom stereocenters. The van der Waals surface area contributed by atoms with Crippen molar-refractivity contribution in [1.82, 2.24) is 9.97 Å². The van der Waals surface area contributed by atoms with Gasteiger partial charge in [0.15, 0.2) is 0 Å². The third-order valence-electron chi connectivity index (χ3n) is 4.33. The molecule has 1 heterocycles. The van der Waals surface area contributed by atoms with Gasteiger partial charge in [0, 0.05) is 23.6 Å². The molecule has 0 unspecified atom stereocenters. The van der Waals surface area contributed by atoms with Gasteiger partial charge >= 0.3 is 0 Å². The van der Waals surface area contributed by atoms with E-state index in [4.69, 9.17) is 0 Å². The van der Waals surface area contributed by atoms with Crippen LogP contribution < -0.4 is 10.2 Å². The Bertz CT molecular complexity index is 954. The molecule has 3 aromatic rings. The summed E-state index contributed by atoms with van der Waals surface area (Å²) in [4.78, 5) is 23.8. The summed E-state index contributed by atoms with van der Waals surface area (Å²) in [7, 11) is 0. The fourth-order valence-electron chi connectivity index (χ4n) is 2.98. The number of nitrogens with one attached hydrogen (secondary N) is 1. The maximum absolute atomic E-state index is 12.8. The Labute approximate surface area is 160 Å². The lowest BCUT2D eigenvalue weighted by Crippen LogP contribution is -2.22. The molecule has 1 N–H and O–H groups in total. The largest absolute Gasteiger partial charge is 0.320 e. The van der Waals surface area contributed by atoms with E-state index in [9.17, 15) is 4.79 Å². The molecule has 0 aliphatic heterocycles. The van der Waals surface area contributed by atoms with E-state index in [2.05, 4.69) is 15.3 Å².